The number of piperazine rings is 1. The number of methoxy groups -OCH3 is 1. The molecule has 4 atom stereocenters. The third-order valence-electron chi connectivity index (χ3n) is 8.52. The number of nitrogens with zero attached hydrogens (tertiary/aromatic N) is 8. The summed E-state index contributed by atoms with van der Waals surface area (Å²) in [5.74, 6) is 1.68. The Kier molecular flexibility index (Phi) is 8.18. The van der Waals surface area contributed by atoms with E-state index in [1.165, 1.54) is 0 Å². The molecule has 2 aromatic heterocycles. The average molecular weight is 568 g/mol. The van der Waals surface area contributed by atoms with Gasteiger partial charge >= 0.3 is 0 Å². The van der Waals surface area contributed by atoms with Gasteiger partial charge in [0.2, 0.25) is 5.95 Å². The number of benzene rings is 1. The SMILES string of the molecule is [B]c1ccc2c(N3C[C@H](CN4CCN(c5nc(C)cc(N6C[C@@H](N)[C@H](OC)C6)n5)CC4)O[C@H](C)C3)ccc(C#N)c2n1. The van der Waals surface area contributed by atoms with Crippen molar-refractivity contribution in [3.8, 4) is 6.07 Å². The lowest BCUT2D eigenvalue weighted by Gasteiger charge is -2.42. The molecule has 3 saturated heterocycles. The molecule has 1 aromatic carbocycles. The first kappa shape index (κ1) is 28.6. The second-order valence-corrected chi connectivity index (χ2v) is 11.6. The lowest BCUT2D eigenvalue weighted by molar-refractivity contribution is -0.0327. The molecule has 6 rings (SSSR count). The fourth-order valence-corrected chi connectivity index (χ4v) is 6.42. The Hall–Kier alpha value is -3.50. The minimum Gasteiger partial charge on any atom is -0.378 e. The van der Waals surface area contributed by atoms with Gasteiger partial charge in [0, 0.05) is 88.8 Å². The highest BCUT2D eigenvalue weighted by Gasteiger charge is 2.32. The topological polar surface area (TPSA) is 120 Å². The van der Waals surface area contributed by atoms with Gasteiger partial charge in [0.1, 0.15) is 19.7 Å². The maximum atomic E-state index is 9.60. The van der Waals surface area contributed by atoms with Gasteiger partial charge in [-0.15, -0.1) is 0 Å². The Morgan fingerprint density at radius 3 is 2.57 bits per heavy atom. The van der Waals surface area contributed by atoms with Crippen molar-refractivity contribution in [2.45, 2.75) is 38.2 Å². The first-order valence-electron chi connectivity index (χ1n) is 14.7. The maximum absolute atomic E-state index is 9.60. The Morgan fingerprint density at radius 2 is 1.83 bits per heavy atom. The molecular weight excluding hydrogens is 529 g/mol. The number of anilines is 3. The van der Waals surface area contributed by atoms with Crippen LogP contribution in [0.4, 0.5) is 17.5 Å². The Bertz CT molecular complexity index is 1480. The molecule has 0 amide bonds. The average Bonchev–Trinajstić information content (AvgIpc) is 3.37. The zero-order valence-electron chi connectivity index (χ0n) is 24.6. The number of hydrogen-bond acceptors (Lipinski definition) is 11. The molecule has 12 heteroatoms. The van der Waals surface area contributed by atoms with Crippen molar-refractivity contribution in [3.63, 3.8) is 0 Å². The van der Waals surface area contributed by atoms with Gasteiger partial charge in [-0.3, -0.25) is 9.88 Å². The number of hydrogen-bond donors (Lipinski definition) is 1. The highest BCUT2D eigenvalue weighted by atomic mass is 16.5. The Balaban J connectivity index is 1.10. The third kappa shape index (κ3) is 5.87. The van der Waals surface area contributed by atoms with Gasteiger partial charge < -0.3 is 29.9 Å². The summed E-state index contributed by atoms with van der Waals surface area (Å²) in [5.41, 5.74) is 9.86. The summed E-state index contributed by atoms with van der Waals surface area (Å²) in [6, 6.07) is 11.9. The van der Waals surface area contributed by atoms with E-state index >= 15 is 0 Å². The number of aryl methyl sites for hydroxylation is 1. The molecule has 0 spiro atoms. The maximum Gasteiger partial charge on any atom is 0.227 e. The van der Waals surface area contributed by atoms with Crippen LogP contribution in [0, 0.1) is 18.3 Å². The minimum absolute atomic E-state index is 0.0130. The van der Waals surface area contributed by atoms with Crippen molar-refractivity contribution < 1.29 is 9.47 Å². The van der Waals surface area contributed by atoms with Gasteiger partial charge in [-0.1, -0.05) is 6.07 Å². The molecular formula is C30H38BN9O2. The molecule has 11 nitrogen and oxygen atoms in total. The smallest absolute Gasteiger partial charge is 0.227 e. The number of ether oxygens (including phenoxy) is 2. The summed E-state index contributed by atoms with van der Waals surface area (Å²) in [4.78, 5) is 23.5. The molecule has 3 aliphatic rings. The lowest BCUT2D eigenvalue weighted by atomic mass is 10.00. The van der Waals surface area contributed by atoms with Gasteiger partial charge in [-0.25, -0.2) is 4.98 Å². The van der Waals surface area contributed by atoms with Crippen LogP contribution in [0.3, 0.4) is 0 Å². The Morgan fingerprint density at radius 1 is 1.02 bits per heavy atom. The number of nitrogens with two attached hydrogens (primary N) is 1. The highest BCUT2D eigenvalue weighted by Crippen LogP contribution is 2.30. The van der Waals surface area contributed by atoms with E-state index in [0.717, 1.165) is 87.4 Å². The van der Waals surface area contributed by atoms with Crippen molar-refractivity contribution in [1.29, 1.82) is 5.26 Å². The standard InChI is InChI=1S/C30H38BN9O2/c1-19-12-28(40-17-24(33)26(18-40)41-3)36-30(34-19)38-10-8-37(9-11-38)15-22-16-39(14-20(2)42-22)25-6-4-21(13-32)29-23(25)5-7-27(31)35-29/h4-7,12,20,22,24,26H,8-11,14-18,33H2,1-3H3/t20-,22+,24-,26-/m1/s1. The molecule has 42 heavy (non-hydrogen) atoms. The van der Waals surface area contributed by atoms with Crippen LogP contribution in [0.5, 0.6) is 0 Å². The highest BCUT2D eigenvalue weighted by molar-refractivity contribution is 6.31. The van der Waals surface area contributed by atoms with Crippen LogP contribution in [0.2, 0.25) is 0 Å². The molecule has 3 aliphatic heterocycles. The van der Waals surface area contributed by atoms with Crippen LogP contribution < -0.4 is 26.0 Å². The van der Waals surface area contributed by atoms with Crippen molar-refractivity contribution in [1.82, 2.24) is 19.9 Å². The molecule has 0 bridgehead atoms. The summed E-state index contributed by atoms with van der Waals surface area (Å²) in [5, 5.41) is 10.5. The summed E-state index contributed by atoms with van der Waals surface area (Å²) in [6.45, 7) is 11.5. The summed E-state index contributed by atoms with van der Waals surface area (Å²) in [6.07, 6.45) is 0.148. The van der Waals surface area contributed by atoms with E-state index in [-0.39, 0.29) is 24.4 Å². The van der Waals surface area contributed by atoms with Gasteiger partial charge in [0.15, 0.2) is 0 Å². The first-order valence-corrected chi connectivity index (χ1v) is 14.7. The predicted octanol–water partition coefficient (Wildman–Crippen LogP) is 0.577. The molecule has 5 heterocycles. The van der Waals surface area contributed by atoms with Gasteiger partial charge in [0.25, 0.3) is 0 Å². The second kappa shape index (κ2) is 12.0. The molecule has 3 aromatic rings. The van der Waals surface area contributed by atoms with Gasteiger partial charge in [-0.2, -0.15) is 10.2 Å². The fourth-order valence-electron chi connectivity index (χ4n) is 6.42. The molecule has 0 unspecified atom stereocenters. The third-order valence-corrected chi connectivity index (χ3v) is 8.52. The normalized spacial score (nSPS) is 25.3. The van der Waals surface area contributed by atoms with Gasteiger partial charge in [-0.05, 0) is 37.6 Å². The number of fused-ring (bicyclic) bond motifs is 1. The number of morpholine rings is 1. The monoisotopic (exact) mass is 567 g/mol. The first-order chi connectivity index (χ1) is 20.3. The molecule has 2 radical (unpaired) electrons. The van der Waals surface area contributed by atoms with Crippen LogP contribution in [0.25, 0.3) is 10.9 Å². The number of nitriles is 1. The van der Waals surface area contributed by atoms with E-state index in [4.69, 9.17) is 33.0 Å². The van der Waals surface area contributed by atoms with Gasteiger partial charge in [0.05, 0.1) is 35.4 Å². The number of aromatic nitrogens is 3. The van der Waals surface area contributed by atoms with Crippen molar-refractivity contribution in [2.24, 2.45) is 5.73 Å². The predicted molar refractivity (Wildman–Crippen MR) is 165 cm³/mol. The Labute approximate surface area is 248 Å². The van der Waals surface area contributed by atoms with Crippen LogP contribution in [-0.2, 0) is 9.47 Å². The molecule has 3 fully saturated rings. The summed E-state index contributed by atoms with van der Waals surface area (Å²) >= 11 is 0. The van der Waals surface area contributed by atoms with E-state index in [0.29, 0.717) is 16.7 Å². The van der Waals surface area contributed by atoms with Crippen molar-refractivity contribution in [2.75, 3.05) is 80.7 Å². The minimum atomic E-state index is -0.0241. The van der Waals surface area contributed by atoms with E-state index in [1.807, 2.05) is 31.2 Å². The zero-order chi connectivity index (χ0) is 29.4. The van der Waals surface area contributed by atoms with E-state index in [2.05, 4.69) is 37.6 Å². The lowest BCUT2D eigenvalue weighted by Crippen LogP contribution is -2.54. The molecule has 2 N–H and O–H groups in total. The largest absolute Gasteiger partial charge is 0.378 e. The van der Waals surface area contributed by atoms with Crippen LogP contribution in [-0.4, -0.2) is 118 Å². The zero-order valence-corrected chi connectivity index (χ0v) is 24.6. The molecule has 0 aliphatic carbocycles. The van der Waals surface area contributed by atoms with E-state index in [1.54, 1.807) is 13.2 Å². The fraction of sp³-hybridized carbons (Fsp3) is 0.533. The van der Waals surface area contributed by atoms with Crippen molar-refractivity contribution >= 4 is 41.8 Å². The second-order valence-electron chi connectivity index (χ2n) is 11.6. The van der Waals surface area contributed by atoms with Crippen LogP contribution in [0.1, 0.15) is 18.2 Å². The van der Waals surface area contributed by atoms with E-state index < -0.39 is 0 Å². The quantitative estimate of drug-likeness (QED) is 0.421. The number of rotatable bonds is 6. The van der Waals surface area contributed by atoms with E-state index in [9.17, 15) is 5.26 Å². The summed E-state index contributed by atoms with van der Waals surface area (Å²) in [7, 11) is 7.66. The molecule has 218 valence electrons. The molecule has 0 saturated carbocycles. The summed E-state index contributed by atoms with van der Waals surface area (Å²) < 4.78 is 11.9. The van der Waals surface area contributed by atoms with Crippen LogP contribution in [0.15, 0.2) is 30.3 Å². The number of pyridine rings is 1. The van der Waals surface area contributed by atoms with Crippen LogP contribution >= 0.6 is 0 Å². The van der Waals surface area contributed by atoms with Crippen molar-refractivity contribution in [3.05, 3.63) is 41.6 Å².